The molecule has 21 heavy (non-hydrogen) atoms. The third-order valence-electron chi connectivity index (χ3n) is 2.83. The molecule has 1 amide bonds. The molecule has 1 aromatic carbocycles. The lowest BCUT2D eigenvalue weighted by Crippen LogP contribution is -2.39. The molecule has 0 fully saturated rings. The summed E-state index contributed by atoms with van der Waals surface area (Å²) in [6.45, 7) is 1.96. The van der Waals surface area contributed by atoms with E-state index in [1.165, 1.54) is 12.2 Å². The van der Waals surface area contributed by atoms with Crippen molar-refractivity contribution in [1.29, 1.82) is 0 Å². The van der Waals surface area contributed by atoms with Crippen LogP contribution in [0.1, 0.15) is 31.7 Å². The van der Waals surface area contributed by atoms with Crippen LogP contribution in [0.5, 0.6) is 0 Å². The molecule has 0 heterocycles. The fourth-order valence-corrected chi connectivity index (χ4v) is 2.05. The van der Waals surface area contributed by atoms with E-state index in [4.69, 9.17) is 28.3 Å². The molecule has 4 nitrogen and oxygen atoms in total. The number of hydrogen-bond donors (Lipinski definition) is 2. The number of nitrogens with one attached hydrogen (secondary N) is 1. The predicted octanol–water partition coefficient (Wildman–Crippen LogP) is 3.77. The fourth-order valence-electron chi connectivity index (χ4n) is 1.69. The van der Waals surface area contributed by atoms with Crippen LogP contribution in [-0.2, 0) is 9.59 Å². The molecule has 1 atom stereocenters. The zero-order valence-corrected chi connectivity index (χ0v) is 13.1. The van der Waals surface area contributed by atoms with Gasteiger partial charge in [-0.2, -0.15) is 0 Å². The van der Waals surface area contributed by atoms with Crippen molar-refractivity contribution in [1.82, 2.24) is 5.32 Å². The van der Waals surface area contributed by atoms with E-state index in [2.05, 4.69) is 5.32 Å². The lowest BCUT2D eigenvalue weighted by atomic mass is 10.1. The van der Waals surface area contributed by atoms with Crippen molar-refractivity contribution in [3.8, 4) is 0 Å². The SMILES string of the molecule is CCCCC(NC(=O)/C=C/c1cc(Cl)ccc1Cl)C(=O)O. The van der Waals surface area contributed by atoms with Gasteiger partial charge < -0.3 is 10.4 Å². The van der Waals surface area contributed by atoms with Gasteiger partial charge in [0.1, 0.15) is 6.04 Å². The third kappa shape index (κ3) is 6.19. The predicted molar refractivity (Wildman–Crippen MR) is 84.6 cm³/mol. The fraction of sp³-hybridized carbons (Fsp3) is 0.333. The van der Waals surface area contributed by atoms with Gasteiger partial charge in [0, 0.05) is 16.1 Å². The first-order chi connectivity index (χ1) is 9.93. The highest BCUT2D eigenvalue weighted by atomic mass is 35.5. The molecule has 2 N–H and O–H groups in total. The van der Waals surface area contributed by atoms with Crippen molar-refractivity contribution in [2.75, 3.05) is 0 Å². The number of carboxylic acid groups (broad SMARTS) is 1. The summed E-state index contributed by atoms with van der Waals surface area (Å²) in [4.78, 5) is 22.8. The number of aliphatic carboxylic acids is 1. The van der Waals surface area contributed by atoms with Gasteiger partial charge in [-0.05, 0) is 36.3 Å². The highest BCUT2D eigenvalue weighted by Gasteiger charge is 2.17. The summed E-state index contributed by atoms with van der Waals surface area (Å²) in [6, 6.07) is 4.02. The van der Waals surface area contributed by atoms with Gasteiger partial charge in [0.2, 0.25) is 5.91 Å². The van der Waals surface area contributed by atoms with Gasteiger partial charge in [0.15, 0.2) is 0 Å². The molecular weight excluding hydrogens is 313 g/mol. The maximum absolute atomic E-state index is 11.8. The lowest BCUT2D eigenvalue weighted by molar-refractivity contribution is -0.141. The van der Waals surface area contributed by atoms with Crippen LogP contribution in [0.25, 0.3) is 6.08 Å². The van der Waals surface area contributed by atoms with Gasteiger partial charge in [0.25, 0.3) is 0 Å². The van der Waals surface area contributed by atoms with Crippen molar-refractivity contribution in [2.24, 2.45) is 0 Å². The monoisotopic (exact) mass is 329 g/mol. The molecule has 1 unspecified atom stereocenters. The average molecular weight is 330 g/mol. The zero-order valence-electron chi connectivity index (χ0n) is 11.6. The minimum Gasteiger partial charge on any atom is -0.480 e. The molecule has 0 aliphatic rings. The van der Waals surface area contributed by atoms with Crippen molar-refractivity contribution >= 4 is 41.2 Å². The number of hydrogen-bond acceptors (Lipinski definition) is 2. The number of carbonyl (C=O) groups is 2. The van der Waals surface area contributed by atoms with Gasteiger partial charge in [-0.25, -0.2) is 4.79 Å². The Morgan fingerprint density at radius 2 is 2.10 bits per heavy atom. The minimum absolute atomic E-state index is 0.406. The minimum atomic E-state index is -1.04. The van der Waals surface area contributed by atoms with Crippen LogP contribution in [0, 0.1) is 0 Å². The molecule has 0 aromatic heterocycles. The van der Waals surface area contributed by atoms with Gasteiger partial charge in [0.05, 0.1) is 0 Å². The van der Waals surface area contributed by atoms with Crippen LogP contribution in [0.4, 0.5) is 0 Å². The van der Waals surface area contributed by atoms with Crippen molar-refractivity contribution in [3.05, 3.63) is 39.9 Å². The van der Waals surface area contributed by atoms with E-state index in [-0.39, 0.29) is 0 Å². The Morgan fingerprint density at radius 1 is 1.38 bits per heavy atom. The maximum Gasteiger partial charge on any atom is 0.326 e. The Balaban J connectivity index is 2.68. The molecule has 1 aromatic rings. The molecule has 0 bridgehead atoms. The summed E-state index contributed by atoms with van der Waals surface area (Å²) in [5, 5.41) is 12.5. The van der Waals surface area contributed by atoms with Crippen LogP contribution in [0.3, 0.4) is 0 Å². The average Bonchev–Trinajstić information content (AvgIpc) is 2.44. The second-order valence-corrected chi connectivity index (χ2v) is 5.38. The highest BCUT2D eigenvalue weighted by Crippen LogP contribution is 2.21. The molecule has 6 heteroatoms. The molecule has 0 saturated heterocycles. The summed E-state index contributed by atoms with van der Waals surface area (Å²) >= 11 is 11.8. The molecule has 0 radical (unpaired) electrons. The van der Waals surface area contributed by atoms with E-state index in [1.807, 2.05) is 6.92 Å². The van der Waals surface area contributed by atoms with Crippen LogP contribution in [0.15, 0.2) is 24.3 Å². The maximum atomic E-state index is 11.8. The Hall–Kier alpha value is -1.52. The number of rotatable bonds is 7. The normalized spacial score (nSPS) is 12.3. The van der Waals surface area contributed by atoms with Crippen molar-refractivity contribution in [2.45, 2.75) is 32.2 Å². The largest absolute Gasteiger partial charge is 0.480 e. The van der Waals surface area contributed by atoms with E-state index in [0.717, 1.165) is 12.8 Å². The van der Waals surface area contributed by atoms with E-state index in [0.29, 0.717) is 22.0 Å². The molecular formula is C15H17Cl2NO3. The van der Waals surface area contributed by atoms with Gasteiger partial charge >= 0.3 is 5.97 Å². The van der Waals surface area contributed by atoms with Crippen LogP contribution in [0.2, 0.25) is 10.0 Å². The quantitative estimate of drug-likeness (QED) is 0.748. The van der Waals surface area contributed by atoms with Crippen LogP contribution >= 0.6 is 23.2 Å². The lowest BCUT2D eigenvalue weighted by Gasteiger charge is -2.12. The molecule has 1 rings (SSSR count). The van der Waals surface area contributed by atoms with E-state index in [1.54, 1.807) is 18.2 Å². The Kier molecular flexibility index (Phi) is 7.26. The number of benzene rings is 1. The topological polar surface area (TPSA) is 66.4 Å². The number of carboxylic acids is 1. The molecule has 0 saturated carbocycles. The van der Waals surface area contributed by atoms with Gasteiger partial charge in [-0.1, -0.05) is 43.0 Å². The Labute approximate surface area is 133 Å². The summed E-state index contributed by atoms with van der Waals surface area (Å²) < 4.78 is 0. The first kappa shape index (κ1) is 17.5. The first-order valence-corrected chi connectivity index (χ1v) is 7.36. The third-order valence-corrected chi connectivity index (χ3v) is 3.41. The number of carbonyl (C=O) groups excluding carboxylic acids is 1. The molecule has 0 aliphatic heterocycles. The summed E-state index contributed by atoms with van der Waals surface area (Å²) in [6.07, 6.45) is 4.76. The number of amides is 1. The van der Waals surface area contributed by atoms with Crippen LogP contribution < -0.4 is 5.32 Å². The van der Waals surface area contributed by atoms with E-state index < -0.39 is 17.9 Å². The van der Waals surface area contributed by atoms with E-state index in [9.17, 15) is 9.59 Å². The second-order valence-electron chi connectivity index (χ2n) is 4.54. The highest BCUT2D eigenvalue weighted by molar-refractivity contribution is 6.34. The van der Waals surface area contributed by atoms with Crippen molar-refractivity contribution in [3.63, 3.8) is 0 Å². The summed E-state index contributed by atoms with van der Waals surface area (Å²) in [5.41, 5.74) is 0.597. The Bertz CT molecular complexity index is 544. The summed E-state index contributed by atoms with van der Waals surface area (Å²) in [7, 11) is 0. The van der Waals surface area contributed by atoms with Crippen LogP contribution in [-0.4, -0.2) is 23.0 Å². The summed E-state index contributed by atoms with van der Waals surface area (Å²) in [5.74, 6) is -1.51. The smallest absolute Gasteiger partial charge is 0.326 e. The van der Waals surface area contributed by atoms with E-state index >= 15 is 0 Å². The second kappa shape index (κ2) is 8.70. The first-order valence-electron chi connectivity index (χ1n) is 6.60. The molecule has 0 aliphatic carbocycles. The van der Waals surface area contributed by atoms with Crippen molar-refractivity contribution < 1.29 is 14.7 Å². The van der Waals surface area contributed by atoms with Gasteiger partial charge in [-0.15, -0.1) is 0 Å². The number of halogens is 2. The van der Waals surface area contributed by atoms with Gasteiger partial charge in [-0.3, -0.25) is 4.79 Å². The molecule has 0 spiro atoms. The molecule has 114 valence electrons. The number of unbranched alkanes of at least 4 members (excludes halogenated alkanes) is 1. The zero-order chi connectivity index (χ0) is 15.8. The Morgan fingerprint density at radius 3 is 2.71 bits per heavy atom. The standard InChI is InChI=1S/C15H17Cl2NO3/c1-2-3-4-13(15(20)21)18-14(19)8-5-10-9-11(16)6-7-12(10)17/h5-9,13H,2-4H2,1H3,(H,18,19)(H,20,21)/b8-5+.